The van der Waals surface area contributed by atoms with Crippen LogP contribution in [0.1, 0.15) is 19.3 Å². The van der Waals surface area contributed by atoms with Gasteiger partial charge in [-0.15, -0.1) is 0 Å². The molecule has 1 saturated carbocycles. The van der Waals surface area contributed by atoms with E-state index in [9.17, 15) is 14.4 Å². The van der Waals surface area contributed by atoms with Gasteiger partial charge in [-0.25, -0.2) is 0 Å². The summed E-state index contributed by atoms with van der Waals surface area (Å²) in [5, 5.41) is 8.76. The first-order valence-electron chi connectivity index (χ1n) is 6.37. The van der Waals surface area contributed by atoms with Crippen LogP contribution in [0.5, 0.6) is 0 Å². The second-order valence-corrected chi connectivity index (χ2v) is 5.46. The van der Waals surface area contributed by atoms with Crippen molar-refractivity contribution in [2.75, 3.05) is 19.6 Å². The van der Waals surface area contributed by atoms with Gasteiger partial charge in [-0.2, -0.15) is 0 Å². The van der Waals surface area contributed by atoms with Crippen LogP contribution in [0.3, 0.4) is 0 Å². The first-order chi connectivity index (χ1) is 8.56. The Morgan fingerprint density at radius 2 is 1.78 bits per heavy atom. The van der Waals surface area contributed by atoms with E-state index in [0.717, 1.165) is 12.8 Å². The van der Waals surface area contributed by atoms with Crippen molar-refractivity contribution in [3.8, 4) is 0 Å². The summed E-state index contributed by atoms with van der Waals surface area (Å²) >= 11 is 0. The van der Waals surface area contributed by atoms with Gasteiger partial charge in [-0.05, 0) is 12.8 Å². The number of amides is 2. The molecule has 1 N–H and O–H groups in total. The lowest BCUT2D eigenvalue weighted by atomic mass is 9.97. The van der Waals surface area contributed by atoms with Crippen LogP contribution < -0.4 is 0 Å². The predicted molar refractivity (Wildman–Crippen MR) is 60.5 cm³/mol. The van der Waals surface area contributed by atoms with Gasteiger partial charge in [0.2, 0.25) is 11.8 Å². The van der Waals surface area contributed by atoms with Crippen molar-refractivity contribution >= 4 is 17.8 Å². The topological polar surface area (TPSA) is 77.9 Å². The Kier molecular flexibility index (Phi) is 2.53. The standard InChI is InChI=1S/C12H16N2O4/c15-10-3-7(6-14(10)9-1-2-9)11(16)13-4-8(5-13)12(17)18/h7-9H,1-6H2,(H,17,18). The lowest BCUT2D eigenvalue weighted by Gasteiger charge is -2.38. The minimum atomic E-state index is -0.846. The highest BCUT2D eigenvalue weighted by atomic mass is 16.4. The van der Waals surface area contributed by atoms with Crippen LogP contribution in [0.2, 0.25) is 0 Å². The summed E-state index contributed by atoms with van der Waals surface area (Å²) in [7, 11) is 0. The number of carbonyl (C=O) groups excluding carboxylic acids is 2. The van der Waals surface area contributed by atoms with Crippen molar-refractivity contribution in [3.05, 3.63) is 0 Å². The highest BCUT2D eigenvalue weighted by molar-refractivity contribution is 5.90. The molecule has 18 heavy (non-hydrogen) atoms. The predicted octanol–water partition coefficient (Wildman–Crippen LogP) is -0.460. The highest BCUT2D eigenvalue weighted by Gasteiger charge is 2.45. The highest BCUT2D eigenvalue weighted by Crippen LogP contribution is 2.33. The average molecular weight is 252 g/mol. The summed E-state index contributed by atoms with van der Waals surface area (Å²) < 4.78 is 0. The quantitative estimate of drug-likeness (QED) is 0.737. The average Bonchev–Trinajstić information content (AvgIpc) is 2.99. The van der Waals surface area contributed by atoms with Gasteiger partial charge in [-0.3, -0.25) is 14.4 Å². The Balaban J connectivity index is 1.55. The molecule has 1 aliphatic carbocycles. The Bertz CT molecular complexity index is 412. The van der Waals surface area contributed by atoms with E-state index in [0.29, 0.717) is 32.1 Å². The zero-order chi connectivity index (χ0) is 12.9. The SMILES string of the molecule is O=C(O)C1CN(C(=O)C2CC(=O)N(C3CC3)C2)C1. The number of nitrogens with zero attached hydrogens (tertiary/aromatic N) is 2. The largest absolute Gasteiger partial charge is 0.481 e. The fourth-order valence-corrected chi connectivity index (χ4v) is 2.71. The summed E-state index contributed by atoms with van der Waals surface area (Å²) in [5.41, 5.74) is 0. The first-order valence-corrected chi connectivity index (χ1v) is 6.37. The lowest BCUT2D eigenvalue weighted by molar-refractivity contribution is -0.154. The summed E-state index contributed by atoms with van der Waals surface area (Å²) in [4.78, 5) is 37.9. The van der Waals surface area contributed by atoms with Crippen molar-refractivity contribution in [2.45, 2.75) is 25.3 Å². The molecule has 2 saturated heterocycles. The molecule has 3 fully saturated rings. The smallest absolute Gasteiger partial charge is 0.310 e. The molecule has 1 unspecified atom stereocenters. The van der Waals surface area contributed by atoms with Gasteiger partial charge < -0.3 is 14.9 Å². The number of likely N-dealkylation sites (tertiary alicyclic amines) is 2. The van der Waals surface area contributed by atoms with Gasteiger partial charge in [0.1, 0.15) is 0 Å². The number of aliphatic carboxylic acids is 1. The third-order valence-corrected chi connectivity index (χ3v) is 4.04. The van der Waals surface area contributed by atoms with Crippen LogP contribution in [0.15, 0.2) is 0 Å². The zero-order valence-electron chi connectivity index (χ0n) is 10.0. The molecular weight excluding hydrogens is 236 g/mol. The molecule has 0 radical (unpaired) electrons. The second-order valence-electron chi connectivity index (χ2n) is 5.46. The van der Waals surface area contributed by atoms with E-state index in [-0.39, 0.29) is 17.7 Å². The van der Waals surface area contributed by atoms with Crippen molar-refractivity contribution in [3.63, 3.8) is 0 Å². The third kappa shape index (κ3) is 1.85. The molecular formula is C12H16N2O4. The molecule has 2 amide bonds. The maximum absolute atomic E-state index is 12.1. The minimum Gasteiger partial charge on any atom is -0.481 e. The van der Waals surface area contributed by atoms with Crippen LogP contribution in [-0.2, 0) is 14.4 Å². The monoisotopic (exact) mass is 252 g/mol. The molecule has 0 spiro atoms. The molecule has 0 bridgehead atoms. The van der Waals surface area contributed by atoms with E-state index in [1.165, 1.54) is 0 Å². The molecule has 0 aromatic carbocycles. The maximum atomic E-state index is 12.1. The van der Waals surface area contributed by atoms with Gasteiger partial charge >= 0.3 is 5.97 Å². The summed E-state index contributed by atoms with van der Waals surface area (Å²) in [6.45, 7) is 1.11. The fourth-order valence-electron chi connectivity index (χ4n) is 2.71. The van der Waals surface area contributed by atoms with Gasteiger partial charge in [0.25, 0.3) is 0 Å². The fraction of sp³-hybridized carbons (Fsp3) is 0.750. The van der Waals surface area contributed by atoms with E-state index in [1.807, 2.05) is 4.90 Å². The minimum absolute atomic E-state index is 0.0519. The van der Waals surface area contributed by atoms with Gasteiger partial charge in [-0.1, -0.05) is 0 Å². The molecule has 0 aromatic rings. The van der Waals surface area contributed by atoms with Gasteiger partial charge in [0.15, 0.2) is 0 Å². The summed E-state index contributed by atoms with van der Waals surface area (Å²) in [5.74, 6) is -1.50. The van der Waals surface area contributed by atoms with E-state index in [2.05, 4.69) is 0 Å². The lowest BCUT2D eigenvalue weighted by Crippen LogP contribution is -2.55. The van der Waals surface area contributed by atoms with Crippen molar-refractivity contribution < 1.29 is 19.5 Å². The molecule has 1 atom stereocenters. The Morgan fingerprint density at radius 1 is 1.11 bits per heavy atom. The van der Waals surface area contributed by atoms with Gasteiger partial charge in [0.05, 0.1) is 11.8 Å². The van der Waals surface area contributed by atoms with E-state index in [4.69, 9.17) is 5.11 Å². The molecule has 98 valence electrons. The Morgan fingerprint density at radius 3 is 2.33 bits per heavy atom. The second kappa shape index (κ2) is 3.96. The molecule has 2 heterocycles. The third-order valence-electron chi connectivity index (χ3n) is 4.04. The number of hydrogen-bond donors (Lipinski definition) is 1. The number of rotatable bonds is 3. The van der Waals surface area contributed by atoms with E-state index < -0.39 is 11.9 Å². The van der Waals surface area contributed by atoms with Crippen LogP contribution in [0, 0.1) is 11.8 Å². The van der Waals surface area contributed by atoms with Crippen LogP contribution in [-0.4, -0.2) is 58.4 Å². The Labute approximate surface area is 105 Å². The van der Waals surface area contributed by atoms with Crippen LogP contribution in [0.4, 0.5) is 0 Å². The molecule has 2 aliphatic heterocycles. The maximum Gasteiger partial charge on any atom is 0.310 e. The number of carboxylic acids is 1. The van der Waals surface area contributed by atoms with E-state index in [1.54, 1.807) is 4.90 Å². The zero-order valence-corrected chi connectivity index (χ0v) is 10.0. The molecule has 3 aliphatic rings. The summed E-state index contributed by atoms with van der Waals surface area (Å²) in [6, 6.07) is 0.360. The van der Waals surface area contributed by atoms with Gasteiger partial charge in [0, 0.05) is 32.1 Å². The number of carbonyl (C=O) groups is 3. The normalized spacial score (nSPS) is 28.4. The van der Waals surface area contributed by atoms with E-state index >= 15 is 0 Å². The molecule has 6 heteroatoms. The number of hydrogen-bond acceptors (Lipinski definition) is 3. The van der Waals surface area contributed by atoms with Crippen molar-refractivity contribution in [1.29, 1.82) is 0 Å². The van der Waals surface area contributed by atoms with Crippen molar-refractivity contribution in [1.82, 2.24) is 9.80 Å². The summed E-state index contributed by atoms with van der Waals surface area (Å²) in [6.07, 6.45) is 2.40. The molecule has 0 aromatic heterocycles. The first kappa shape index (κ1) is 11.5. The van der Waals surface area contributed by atoms with Crippen LogP contribution in [0.25, 0.3) is 0 Å². The van der Waals surface area contributed by atoms with Crippen LogP contribution >= 0.6 is 0 Å². The van der Waals surface area contributed by atoms with Crippen molar-refractivity contribution in [2.24, 2.45) is 11.8 Å². The Hall–Kier alpha value is -1.59. The molecule has 6 nitrogen and oxygen atoms in total. The molecule has 3 rings (SSSR count). The number of carboxylic acid groups (broad SMARTS) is 1.